The molecule has 0 spiro atoms. The zero-order chi connectivity index (χ0) is 29.7. The van der Waals surface area contributed by atoms with Crippen LogP contribution >= 0.6 is 0 Å². The van der Waals surface area contributed by atoms with Crippen LogP contribution in [0.4, 0.5) is 11.4 Å². The van der Waals surface area contributed by atoms with E-state index >= 15 is 0 Å². The van der Waals surface area contributed by atoms with Gasteiger partial charge in [0.05, 0.1) is 0 Å². The molecule has 4 aromatic rings. The molecule has 2 nitrogen and oxygen atoms in total. The first-order chi connectivity index (χ1) is 20.5. The summed E-state index contributed by atoms with van der Waals surface area (Å²) >= 11 is 0. The number of hydrogen-bond donors (Lipinski definition) is 2. The Morgan fingerprint density at radius 3 is 1.17 bits per heavy atom. The normalized spacial score (nSPS) is 13.5. The molecule has 4 aromatic carbocycles. The molecule has 0 fully saturated rings. The summed E-state index contributed by atoms with van der Waals surface area (Å²) in [7, 11) is 0. The fraction of sp³-hybridized carbons (Fsp3) is 0.400. The van der Waals surface area contributed by atoms with Gasteiger partial charge in [-0.15, -0.1) is 0 Å². The van der Waals surface area contributed by atoms with E-state index in [2.05, 4.69) is 93.6 Å². The summed E-state index contributed by atoms with van der Waals surface area (Å²) in [5.74, 6) is 1.37. The first-order valence-corrected chi connectivity index (χ1v) is 16.4. The minimum absolute atomic E-state index is 0.419. The quantitative estimate of drug-likeness (QED) is 0.134. The summed E-state index contributed by atoms with van der Waals surface area (Å²) in [5.41, 5.74) is 22.1. The van der Waals surface area contributed by atoms with Crippen molar-refractivity contribution in [3.63, 3.8) is 0 Å². The lowest BCUT2D eigenvalue weighted by molar-refractivity contribution is 0.580. The van der Waals surface area contributed by atoms with E-state index in [-0.39, 0.29) is 0 Å². The predicted octanol–water partition coefficient (Wildman–Crippen LogP) is 11.0. The van der Waals surface area contributed by atoms with Gasteiger partial charge in [-0.25, -0.2) is 0 Å². The molecule has 222 valence electrons. The Labute approximate surface area is 255 Å². The molecule has 0 saturated carbocycles. The second kappa shape index (κ2) is 16.2. The third-order valence-corrected chi connectivity index (χ3v) is 8.95. The van der Waals surface area contributed by atoms with Gasteiger partial charge in [-0.2, -0.15) is 0 Å². The van der Waals surface area contributed by atoms with E-state index in [0.29, 0.717) is 17.8 Å². The van der Waals surface area contributed by atoms with Crippen molar-refractivity contribution in [2.24, 2.45) is 0 Å². The molecule has 0 aliphatic rings. The van der Waals surface area contributed by atoms with Crippen LogP contribution < -0.4 is 11.5 Å². The number of nitrogen functional groups attached to an aromatic ring is 2. The zero-order valence-electron chi connectivity index (χ0n) is 26.2. The Bertz CT molecular complexity index is 1300. The van der Waals surface area contributed by atoms with E-state index in [1.807, 2.05) is 24.3 Å². The van der Waals surface area contributed by atoms with Crippen molar-refractivity contribution in [1.82, 2.24) is 0 Å². The topological polar surface area (TPSA) is 52.0 Å². The lowest BCUT2D eigenvalue weighted by atomic mass is 9.83. The van der Waals surface area contributed by atoms with E-state index in [4.69, 9.17) is 11.5 Å². The average Bonchev–Trinajstić information content (AvgIpc) is 3.02. The fourth-order valence-electron chi connectivity index (χ4n) is 6.33. The van der Waals surface area contributed by atoms with Crippen molar-refractivity contribution in [3.8, 4) is 0 Å². The molecule has 0 saturated heterocycles. The van der Waals surface area contributed by atoms with E-state index in [1.54, 1.807) is 0 Å². The molecule has 0 radical (unpaired) electrons. The highest BCUT2D eigenvalue weighted by Crippen LogP contribution is 2.34. The predicted molar refractivity (Wildman–Crippen MR) is 183 cm³/mol. The van der Waals surface area contributed by atoms with Gasteiger partial charge in [-0.05, 0) is 89.2 Å². The SMILES string of the molecule is CCCCC(Cc1ccc(C(CCCC)c2ccc(N)cc2)cc1)c1ccc(C(CCCC)c2ccc(N)cc2)cc1. The molecule has 0 aliphatic carbocycles. The number of anilines is 2. The maximum Gasteiger partial charge on any atom is 0.0314 e. The van der Waals surface area contributed by atoms with Gasteiger partial charge < -0.3 is 11.5 Å². The van der Waals surface area contributed by atoms with Crippen molar-refractivity contribution in [1.29, 1.82) is 0 Å². The second-order valence-electron chi connectivity index (χ2n) is 12.2. The molecule has 0 aliphatic heterocycles. The van der Waals surface area contributed by atoms with Gasteiger partial charge in [-0.1, -0.05) is 132 Å². The Kier molecular flexibility index (Phi) is 12.1. The summed E-state index contributed by atoms with van der Waals surface area (Å²) in [6, 6.07) is 36.0. The lowest BCUT2D eigenvalue weighted by Crippen LogP contribution is -2.06. The standard InChI is InChI=1S/C40H52N2/c1-4-7-10-36(31-17-19-33(20-18-31)40(12-9-6-3)35-23-27-38(42)28-24-35)29-30-13-15-32(16-14-30)39(11-8-5-2)34-21-25-37(41)26-22-34/h13-28,36,39-40H,4-12,29,41-42H2,1-3H3. The van der Waals surface area contributed by atoms with Crippen LogP contribution in [-0.4, -0.2) is 0 Å². The molecular formula is C40H52N2. The second-order valence-corrected chi connectivity index (χ2v) is 12.2. The molecule has 2 heteroatoms. The van der Waals surface area contributed by atoms with Gasteiger partial charge in [0.25, 0.3) is 0 Å². The Morgan fingerprint density at radius 2 is 0.762 bits per heavy atom. The molecular weight excluding hydrogens is 508 g/mol. The first-order valence-electron chi connectivity index (χ1n) is 16.4. The summed E-state index contributed by atoms with van der Waals surface area (Å²) in [4.78, 5) is 0. The molecule has 0 amide bonds. The maximum absolute atomic E-state index is 5.99. The van der Waals surface area contributed by atoms with E-state index in [9.17, 15) is 0 Å². The van der Waals surface area contributed by atoms with Gasteiger partial charge in [0.1, 0.15) is 0 Å². The van der Waals surface area contributed by atoms with Crippen LogP contribution in [0.5, 0.6) is 0 Å². The molecule has 0 aromatic heterocycles. The van der Waals surface area contributed by atoms with Crippen molar-refractivity contribution in [2.75, 3.05) is 11.5 Å². The Balaban J connectivity index is 1.52. The third kappa shape index (κ3) is 8.74. The molecule has 0 heterocycles. The molecule has 0 bridgehead atoms. The molecule has 3 atom stereocenters. The number of rotatable bonds is 16. The van der Waals surface area contributed by atoms with Gasteiger partial charge in [0.15, 0.2) is 0 Å². The van der Waals surface area contributed by atoms with Crippen molar-refractivity contribution >= 4 is 11.4 Å². The van der Waals surface area contributed by atoms with Crippen molar-refractivity contribution < 1.29 is 0 Å². The minimum Gasteiger partial charge on any atom is -0.399 e. The molecule has 3 unspecified atom stereocenters. The number of unbranched alkanes of at least 4 members (excludes halogenated alkanes) is 3. The molecule has 4 N–H and O–H groups in total. The summed E-state index contributed by atoms with van der Waals surface area (Å²) < 4.78 is 0. The van der Waals surface area contributed by atoms with Gasteiger partial charge in [0.2, 0.25) is 0 Å². The van der Waals surface area contributed by atoms with Gasteiger partial charge in [0, 0.05) is 23.2 Å². The van der Waals surface area contributed by atoms with Gasteiger partial charge in [-0.3, -0.25) is 0 Å². The lowest BCUT2D eigenvalue weighted by Gasteiger charge is -2.22. The largest absolute Gasteiger partial charge is 0.399 e. The average molecular weight is 561 g/mol. The van der Waals surface area contributed by atoms with Crippen molar-refractivity contribution in [3.05, 3.63) is 130 Å². The Morgan fingerprint density at radius 1 is 0.429 bits per heavy atom. The van der Waals surface area contributed by atoms with Crippen LogP contribution in [0.15, 0.2) is 97.1 Å². The van der Waals surface area contributed by atoms with E-state index in [0.717, 1.165) is 17.8 Å². The van der Waals surface area contributed by atoms with Crippen LogP contribution in [0.3, 0.4) is 0 Å². The molecule has 4 rings (SSSR count). The van der Waals surface area contributed by atoms with Crippen LogP contribution in [-0.2, 0) is 6.42 Å². The van der Waals surface area contributed by atoms with Crippen LogP contribution in [0.2, 0.25) is 0 Å². The Hall–Kier alpha value is -3.52. The number of hydrogen-bond acceptors (Lipinski definition) is 2. The number of benzene rings is 4. The molecule has 42 heavy (non-hydrogen) atoms. The fourth-order valence-corrected chi connectivity index (χ4v) is 6.33. The summed E-state index contributed by atoms with van der Waals surface area (Å²) in [6.07, 6.45) is 12.0. The van der Waals surface area contributed by atoms with Gasteiger partial charge >= 0.3 is 0 Å². The van der Waals surface area contributed by atoms with Crippen LogP contribution in [0.1, 0.15) is 130 Å². The monoisotopic (exact) mass is 560 g/mol. The van der Waals surface area contributed by atoms with E-state index in [1.165, 1.54) is 91.2 Å². The maximum atomic E-state index is 5.99. The van der Waals surface area contributed by atoms with Crippen molar-refractivity contribution in [2.45, 2.75) is 103 Å². The van der Waals surface area contributed by atoms with E-state index < -0.39 is 0 Å². The highest BCUT2D eigenvalue weighted by Gasteiger charge is 2.18. The number of nitrogens with two attached hydrogens (primary N) is 2. The zero-order valence-corrected chi connectivity index (χ0v) is 26.2. The highest BCUT2D eigenvalue weighted by atomic mass is 14.5. The van der Waals surface area contributed by atoms with Crippen LogP contribution in [0.25, 0.3) is 0 Å². The van der Waals surface area contributed by atoms with Crippen LogP contribution in [0, 0.1) is 0 Å². The summed E-state index contributed by atoms with van der Waals surface area (Å²) in [5, 5.41) is 0. The third-order valence-electron chi connectivity index (χ3n) is 8.95. The highest BCUT2D eigenvalue weighted by molar-refractivity contribution is 5.44. The minimum atomic E-state index is 0.419. The smallest absolute Gasteiger partial charge is 0.0314 e. The first kappa shape index (κ1) is 31.4. The summed E-state index contributed by atoms with van der Waals surface area (Å²) in [6.45, 7) is 6.85.